The second-order valence-electron chi connectivity index (χ2n) is 7.09. The summed E-state index contributed by atoms with van der Waals surface area (Å²) in [6, 6.07) is 17.0. The Hall–Kier alpha value is -2.60. The summed E-state index contributed by atoms with van der Waals surface area (Å²) in [7, 11) is 0. The van der Waals surface area contributed by atoms with Gasteiger partial charge in [-0.15, -0.1) is 0 Å². The Balaban J connectivity index is 2.05. The summed E-state index contributed by atoms with van der Waals surface area (Å²) >= 11 is 3.38. The standard InChI is InChI=1S/C22H24BrNO4/c1-22(2,3)28-21(26)24(15-7-10-17-11-13-19(23)14-12-17)20(25)27-16-18-8-5-4-6-9-18/h4-14H,15-16H2,1-3H3/b10-7+. The van der Waals surface area contributed by atoms with E-state index in [0.29, 0.717) is 0 Å². The molecule has 0 spiro atoms. The predicted octanol–water partition coefficient (Wildman–Crippen LogP) is 6.04. The molecule has 0 aliphatic heterocycles. The van der Waals surface area contributed by atoms with E-state index in [1.165, 1.54) is 0 Å². The van der Waals surface area contributed by atoms with Gasteiger partial charge in [0.25, 0.3) is 0 Å². The minimum atomic E-state index is -0.751. The number of benzene rings is 2. The molecule has 148 valence electrons. The number of amides is 2. The van der Waals surface area contributed by atoms with Crippen LogP contribution < -0.4 is 0 Å². The lowest BCUT2D eigenvalue weighted by Crippen LogP contribution is -2.41. The molecule has 0 N–H and O–H groups in total. The van der Waals surface area contributed by atoms with Crippen LogP contribution in [-0.4, -0.2) is 29.2 Å². The number of hydrogen-bond donors (Lipinski definition) is 0. The van der Waals surface area contributed by atoms with Gasteiger partial charge in [-0.25, -0.2) is 14.5 Å². The smallest absolute Gasteiger partial charge is 0.420 e. The van der Waals surface area contributed by atoms with Crippen LogP contribution in [0.4, 0.5) is 9.59 Å². The largest absolute Gasteiger partial charge is 0.444 e. The summed E-state index contributed by atoms with van der Waals surface area (Å²) in [6.45, 7) is 5.36. The number of ether oxygens (including phenoxy) is 2. The molecule has 2 rings (SSSR count). The summed E-state index contributed by atoms with van der Waals surface area (Å²) in [5.74, 6) is 0. The third kappa shape index (κ3) is 7.56. The van der Waals surface area contributed by atoms with Crippen LogP contribution in [0.5, 0.6) is 0 Å². The Kier molecular flexibility index (Phi) is 7.81. The van der Waals surface area contributed by atoms with Crippen molar-refractivity contribution in [3.05, 3.63) is 76.3 Å². The van der Waals surface area contributed by atoms with Crippen molar-refractivity contribution in [3.8, 4) is 0 Å². The summed E-state index contributed by atoms with van der Waals surface area (Å²) < 4.78 is 11.6. The maximum Gasteiger partial charge on any atom is 0.420 e. The second-order valence-corrected chi connectivity index (χ2v) is 8.00. The molecule has 0 saturated heterocycles. The van der Waals surface area contributed by atoms with E-state index in [2.05, 4.69) is 15.9 Å². The number of hydrogen-bond acceptors (Lipinski definition) is 4. The van der Waals surface area contributed by atoms with Crippen molar-refractivity contribution in [1.29, 1.82) is 0 Å². The van der Waals surface area contributed by atoms with Crippen molar-refractivity contribution in [3.63, 3.8) is 0 Å². The number of carbonyl (C=O) groups is 2. The molecule has 0 heterocycles. The highest BCUT2D eigenvalue weighted by Crippen LogP contribution is 2.14. The lowest BCUT2D eigenvalue weighted by atomic mass is 10.2. The average Bonchev–Trinajstić information content (AvgIpc) is 2.64. The van der Waals surface area contributed by atoms with Crippen molar-refractivity contribution >= 4 is 34.2 Å². The quantitative estimate of drug-likeness (QED) is 0.562. The fourth-order valence-electron chi connectivity index (χ4n) is 2.21. The van der Waals surface area contributed by atoms with Gasteiger partial charge in [-0.2, -0.15) is 0 Å². The number of nitrogens with zero attached hydrogens (tertiary/aromatic N) is 1. The van der Waals surface area contributed by atoms with E-state index in [-0.39, 0.29) is 13.2 Å². The molecule has 2 aromatic carbocycles. The fraction of sp³-hybridized carbons (Fsp3) is 0.273. The SMILES string of the molecule is CC(C)(C)OC(=O)N(C/C=C/c1ccc(Br)cc1)C(=O)OCc1ccccc1. The van der Waals surface area contributed by atoms with E-state index in [1.54, 1.807) is 26.8 Å². The van der Waals surface area contributed by atoms with Gasteiger partial charge in [0.1, 0.15) is 12.2 Å². The molecule has 0 atom stereocenters. The molecular formula is C22H24BrNO4. The monoisotopic (exact) mass is 445 g/mol. The van der Waals surface area contributed by atoms with E-state index in [1.807, 2.05) is 60.7 Å². The van der Waals surface area contributed by atoms with Gasteiger partial charge in [0.15, 0.2) is 0 Å². The predicted molar refractivity (Wildman–Crippen MR) is 113 cm³/mol. The molecule has 0 aliphatic rings. The Bertz CT molecular complexity index is 811. The Labute approximate surface area is 174 Å². The number of halogens is 1. The maximum absolute atomic E-state index is 12.5. The number of rotatable bonds is 5. The zero-order valence-electron chi connectivity index (χ0n) is 16.2. The van der Waals surface area contributed by atoms with Crippen LogP contribution in [0.15, 0.2) is 65.1 Å². The maximum atomic E-state index is 12.5. The molecule has 28 heavy (non-hydrogen) atoms. The van der Waals surface area contributed by atoms with Crippen molar-refractivity contribution in [2.45, 2.75) is 33.0 Å². The number of carbonyl (C=O) groups excluding carboxylic acids is 2. The van der Waals surface area contributed by atoms with Crippen molar-refractivity contribution < 1.29 is 19.1 Å². The van der Waals surface area contributed by atoms with Gasteiger partial charge in [-0.1, -0.05) is 70.5 Å². The molecule has 0 aromatic heterocycles. The Morgan fingerprint density at radius 2 is 1.64 bits per heavy atom. The molecule has 0 unspecified atom stereocenters. The molecule has 5 nitrogen and oxygen atoms in total. The first-order valence-corrected chi connectivity index (χ1v) is 9.67. The van der Waals surface area contributed by atoms with Gasteiger partial charge in [-0.3, -0.25) is 0 Å². The first kappa shape index (κ1) is 21.7. The normalized spacial score (nSPS) is 11.3. The average molecular weight is 446 g/mol. The molecule has 0 saturated carbocycles. The van der Waals surface area contributed by atoms with Gasteiger partial charge in [0, 0.05) is 4.47 Å². The first-order valence-electron chi connectivity index (χ1n) is 8.88. The lowest BCUT2D eigenvalue weighted by molar-refractivity contribution is 0.0231. The minimum Gasteiger partial charge on any atom is -0.444 e. The molecule has 2 amide bonds. The molecular weight excluding hydrogens is 422 g/mol. The van der Waals surface area contributed by atoms with Crippen molar-refractivity contribution in [1.82, 2.24) is 4.90 Å². The summed E-state index contributed by atoms with van der Waals surface area (Å²) in [5, 5.41) is 0. The van der Waals surface area contributed by atoms with Crippen LogP contribution >= 0.6 is 15.9 Å². The third-order valence-electron chi connectivity index (χ3n) is 3.51. The third-order valence-corrected chi connectivity index (χ3v) is 4.04. The van der Waals surface area contributed by atoms with Gasteiger partial charge >= 0.3 is 12.2 Å². The van der Waals surface area contributed by atoms with Crippen LogP contribution in [0.1, 0.15) is 31.9 Å². The van der Waals surface area contributed by atoms with Crippen LogP contribution in [0.2, 0.25) is 0 Å². The summed E-state index contributed by atoms with van der Waals surface area (Å²) in [6.07, 6.45) is 2.05. The number of imide groups is 1. The van der Waals surface area contributed by atoms with Gasteiger partial charge in [-0.05, 0) is 44.0 Å². The highest BCUT2D eigenvalue weighted by atomic mass is 79.9. The molecule has 0 bridgehead atoms. The minimum absolute atomic E-state index is 0.0403. The van der Waals surface area contributed by atoms with E-state index >= 15 is 0 Å². The Morgan fingerprint density at radius 3 is 2.25 bits per heavy atom. The molecule has 0 fully saturated rings. The molecule has 2 aromatic rings. The highest BCUT2D eigenvalue weighted by molar-refractivity contribution is 9.10. The Morgan fingerprint density at radius 1 is 1.00 bits per heavy atom. The lowest BCUT2D eigenvalue weighted by Gasteiger charge is -2.25. The van der Waals surface area contributed by atoms with Crippen LogP contribution in [0.25, 0.3) is 6.08 Å². The zero-order chi connectivity index (χ0) is 20.6. The summed E-state index contributed by atoms with van der Waals surface area (Å²) in [4.78, 5) is 25.9. The second kappa shape index (κ2) is 10.1. The van der Waals surface area contributed by atoms with E-state index < -0.39 is 17.8 Å². The highest BCUT2D eigenvalue weighted by Gasteiger charge is 2.27. The van der Waals surface area contributed by atoms with Crippen LogP contribution in [-0.2, 0) is 16.1 Å². The topological polar surface area (TPSA) is 55.8 Å². The van der Waals surface area contributed by atoms with Crippen molar-refractivity contribution in [2.75, 3.05) is 6.54 Å². The molecule has 0 radical (unpaired) electrons. The molecule has 6 heteroatoms. The van der Waals surface area contributed by atoms with Gasteiger partial charge in [0.05, 0.1) is 6.54 Å². The van der Waals surface area contributed by atoms with E-state index in [9.17, 15) is 9.59 Å². The van der Waals surface area contributed by atoms with Crippen LogP contribution in [0.3, 0.4) is 0 Å². The molecule has 0 aliphatic carbocycles. The van der Waals surface area contributed by atoms with Crippen molar-refractivity contribution in [2.24, 2.45) is 0 Å². The van der Waals surface area contributed by atoms with Crippen LogP contribution in [0, 0.1) is 0 Å². The first-order chi connectivity index (χ1) is 13.2. The van der Waals surface area contributed by atoms with Gasteiger partial charge in [0.2, 0.25) is 0 Å². The van der Waals surface area contributed by atoms with Gasteiger partial charge < -0.3 is 9.47 Å². The fourth-order valence-corrected chi connectivity index (χ4v) is 2.47. The van der Waals surface area contributed by atoms with E-state index in [4.69, 9.17) is 9.47 Å². The zero-order valence-corrected chi connectivity index (χ0v) is 17.8. The van der Waals surface area contributed by atoms with E-state index in [0.717, 1.165) is 20.5 Å². The summed E-state index contributed by atoms with van der Waals surface area (Å²) in [5.41, 5.74) is 1.07.